The summed E-state index contributed by atoms with van der Waals surface area (Å²) in [5.41, 5.74) is 0.708. The van der Waals surface area contributed by atoms with Crippen LogP contribution in [0.25, 0.3) is 0 Å². The number of hydrogen-bond acceptors (Lipinski definition) is 4. The average molecular weight is 358 g/mol. The fourth-order valence-corrected chi connectivity index (χ4v) is 2.36. The maximum absolute atomic E-state index is 12.0. The number of halogens is 2. The molecule has 1 saturated heterocycles. The van der Waals surface area contributed by atoms with Crippen molar-refractivity contribution >= 4 is 47.0 Å². The molecular formula is C14H13Cl2N3O4. The first-order chi connectivity index (χ1) is 10.7. The smallest absolute Gasteiger partial charge is 0.334 e. The summed E-state index contributed by atoms with van der Waals surface area (Å²) in [5.74, 6) is -2.55. The predicted molar refractivity (Wildman–Crippen MR) is 82.9 cm³/mol. The van der Waals surface area contributed by atoms with Crippen LogP contribution in [-0.4, -0.2) is 47.1 Å². The normalized spacial score (nSPS) is 16.1. The third-order valence-corrected chi connectivity index (χ3v) is 4.11. The second-order valence-corrected chi connectivity index (χ2v) is 5.82. The SMILES string of the molecule is C[C@@H](NC(=O)CN1C(=O)C(=O)N(C)C1=O)c1ccc(Cl)c(Cl)c1. The van der Waals surface area contributed by atoms with Gasteiger partial charge in [-0.1, -0.05) is 29.3 Å². The maximum atomic E-state index is 12.0. The highest BCUT2D eigenvalue weighted by Crippen LogP contribution is 2.25. The number of urea groups is 1. The highest BCUT2D eigenvalue weighted by atomic mass is 35.5. The van der Waals surface area contributed by atoms with Crippen LogP contribution >= 0.6 is 23.2 Å². The lowest BCUT2D eigenvalue weighted by atomic mass is 10.1. The summed E-state index contributed by atoms with van der Waals surface area (Å²) in [5, 5.41) is 3.37. The molecule has 1 aliphatic rings. The molecule has 0 aliphatic carbocycles. The van der Waals surface area contributed by atoms with Crippen molar-refractivity contribution < 1.29 is 19.2 Å². The molecule has 1 aromatic rings. The Balaban J connectivity index is 2.02. The zero-order valence-electron chi connectivity index (χ0n) is 12.3. The molecule has 5 amide bonds. The van der Waals surface area contributed by atoms with E-state index in [4.69, 9.17) is 23.2 Å². The lowest BCUT2D eigenvalue weighted by Crippen LogP contribution is -2.41. The van der Waals surface area contributed by atoms with E-state index in [1.807, 2.05) is 0 Å². The Kier molecular flexibility index (Phi) is 4.91. The molecule has 1 heterocycles. The number of amides is 5. The van der Waals surface area contributed by atoms with Crippen molar-refractivity contribution in [1.82, 2.24) is 15.1 Å². The summed E-state index contributed by atoms with van der Waals surface area (Å²) in [6, 6.07) is 3.67. The minimum absolute atomic E-state index is 0.349. The quantitative estimate of drug-likeness (QED) is 0.654. The largest absolute Gasteiger partial charge is 0.348 e. The Morgan fingerprint density at radius 2 is 1.83 bits per heavy atom. The zero-order chi connectivity index (χ0) is 17.3. The number of benzene rings is 1. The zero-order valence-corrected chi connectivity index (χ0v) is 13.8. The van der Waals surface area contributed by atoms with E-state index in [1.54, 1.807) is 25.1 Å². The second-order valence-electron chi connectivity index (χ2n) is 5.00. The van der Waals surface area contributed by atoms with E-state index in [0.717, 1.165) is 0 Å². The Bertz CT molecular complexity index is 707. The molecule has 1 aromatic carbocycles. The van der Waals surface area contributed by atoms with Crippen LogP contribution < -0.4 is 5.32 Å². The van der Waals surface area contributed by atoms with Gasteiger partial charge in [0.25, 0.3) is 0 Å². The molecule has 1 N–H and O–H groups in total. The van der Waals surface area contributed by atoms with Crippen LogP contribution in [-0.2, 0) is 14.4 Å². The van der Waals surface area contributed by atoms with Gasteiger partial charge >= 0.3 is 17.8 Å². The van der Waals surface area contributed by atoms with Gasteiger partial charge in [0.2, 0.25) is 5.91 Å². The lowest BCUT2D eigenvalue weighted by Gasteiger charge is -2.17. The maximum Gasteiger partial charge on any atom is 0.334 e. The molecule has 0 unspecified atom stereocenters. The van der Waals surface area contributed by atoms with Gasteiger partial charge in [-0.25, -0.2) is 9.69 Å². The molecule has 0 bridgehead atoms. The van der Waals surface area contributed by atoms with Crippen molar-refractivity contribution in [2.75, 3.05) is 13.6 Å². The van der Waals surface area contributed by atoms with Crippen molar-refractivity contribution in [3.05, 3.63) is 33.8 Å². The Hall–Kier alpha value is -2.12. The second kappa shape index (κ2) is 6.55. The lowest BCUT2D eigenvalue weighted by molar-refractivity contribution is -0.143. The summed E-state index contributed by atoms with van der Waals surface area (Å²) in [4.78, 5) is 47.9. The molecule has 0 saturated carbocycles. The van der Waals surface area contributed by atoms with E-state index in [0.29, 0.717) is 25.4 Å². The molecule has 23 heavy (non-hydrogen) atoms. The molecule has 7 nitrogen and oxygen atoms in total. The van der Waals surface area contributed by atoms with Crippen LogP contribution in [0.4, 0.5) is 4.79 Å². The van der Waals surface area contributed by atoms with Crippen LogP contribution in [0.2, 0.25) is 10.0 Å². The van der Waals surface area contributed by atoms with Gasteiger partial charge < -0.3 is 5.32 Å². The van der Waals surface area contributed by atoms with Crippen molar-refractivity contribution in [3.8, 4) is 0 Å². The highest BCUT2D eigenvalue weighted by molar-refractivity contribution is 6.45. The minimum atomic E-state index is -1.02. The highest BCUT2D eigenvalue weighted by Gasteiger charge is 2.43. The van der Waals surface area contributed by atoms with Gasteiger partial charge in [0.05, 0.1) is 16.1 Å². The molecule has 0 spiro atoms. The monoisotopic (exact) mass is 357 g/mol. The molecular weight excluding hydrogens is 345 g/mol. The van der Waals surface area contributed by atoms with Gasteiger partial charge in [0.1, 0.15) is 6.54 Å². The topological polar surface area (TPSA) is 86.8 Å². The summed E-state index contributed by atoms with van der Waals surface area (Å²) < 4.78 is 0. The summed E-state index contributed by atoms with van der Waals surface area (Å²) >= 11 is 11.7. The van der Waals surface area contributed by atoms with Crippen LogP contribution in [0.3, 0.4) is 0 Å². The molecule has 9 heteroatoms. The Morgan fingerprint density at radius 1 is 1.17 bits per heavy atom. The number of carbonyl (C=O) groups is 4. The number of likely N-dealkylation sites (N-methyl/N-ethyl adjacent to an activating group) is 1. The van der Waals surface area contributed by atoms with Gasteiger partial charge in [0, 0.05) is 7.05 Å². The molecule has 1 aliphatic heterocycles. The van der Waals surface area contributed by atoms with E-state index in [-0.39, 0.29) is 0 Å². The predicted octanol–water partition coefficient (Wildman–Crippen LogP) is 1.59. The van der Waals surface area contributed by atoms with Gasteiger partial charge in [-0.3, -0.25) is 19.3 Å². The fraction of sp³-hybridized carbons (Fsp3) is 0.286. The molecule has 0 radical (unpaired) electrons. The van der Waals surface area contributed by atoms with Crippen LogP contribution in [0.1, 0.15) is 18.5 Å². The van der Waals surface area contributed by atoms with E-state index in [9.17, 15) is 19.2 Å². The number of nitrogens with one attached hydrogen (secondary N) is 1. The van der Waals surface area contributed by atoms with Gasteiger partial charge in [-0.05, 0) is 24.6 Å². The van der Waals surface area contributed by atoms with Crippen molar-refractivity contribution in [1.29, 1.82) is 0 Å². The van der Waals surface area contributed by atoms with Crippen molar-refractivity contribution in [2.45, 2.75) is 13.0 Å². The van der Waals surface area contributed by atoms with E-state index in [1.165, 1.54) is 7.05 Å². The number of carbonyl (C=O) groups excluding carboxylic acids is 4. The number of nitrogens with zero attached hydrogens (tertiary/aromatic N) is 2. The Labute approximate surface area is 142 Å². The van der Waals surface area contributed by atoms with Crippen LogP contribution in [0, 0.1) is 0 Å². The first-order valence-electron chi connectivity index (χ1n) is 6.60. The van der Waals surface area contributed by atoms with Gasteiger partial charge in [0.15, 0.2) is 0 Å². The van der Waals surface area contributed by atoms with Gasteiger partial charge in [-0.2, -0.15) is 0 Å². The molecule has 1 atom stereocenters. The minimum Gasteiger partial charge on any atom is -0.348 e. The van der Waals surface area contributed by atoms with Crippen molar-refractivity contribution in [3.63, 3.8) is 0 Å². The van der Waals surface area contributed by atoms with Crippen LogP contribution in [0.5, 0.6) is 0 Å². The van der Waals surface area contributed by atoms with E-state index < -0.39 is 36.3 Å². The Morgan fingerprint density at radius 3 is 2.35 bits per heavy atom. The third-order valence-electron chi connectivity index (χ3n) is 3.37. The molecule has 1 fully saturated rings. The molecule has 0 aromatic heterocycles. The first-order valence-corrected chi connectivity index (χ1v) is 7.35. The average Bonchev–Trinajstić information content (AvgIpc) is 2.67. The fourth-order valence-electron chi connectivity index (χ4n) is 2.05. The summed E-state index contributed by atoms with van der Waals surface area (Å²) in [6.45, 7) is 1.18. The number of rotatable bonds is 4. The van der Waals surface area contributed by atoms with Crippen LogP contribution in [0.15, 0.2) is 18.2 Å². The number of hydrogen-bond donors (Lipinski definition) is 1. The third kappa shape index (κ3) is 3.46. The summed E-state index contributed by atoms with van der Waals surface area (Å²) in [6.07, 6.45) is 0. The van der Waals surface area contributed by atoms with Crippen molar-refractivity contribution in [2.24, 2.45) is 0 Å². The van der Waals surface area contributed by atoms with E-state index >= 15 is 0 Å². The molecule has 122 valence electrons. The first kappa shape index (κ1) is 17.2. The van der Waals surface area contributed by atoms with E-state index in [2.05, 4.69) is 5.32 Å². The molecule has 2 rings (SSSR count). The standard InChI is InChI=1S/C14H13Cl2N3O4/c1-7(8-3-4-9(15)10(16)5-8)17-11(20)6-19-13(22)12(21)18(2)14(19)23/h3-5,7H,6H2,1-2H3,(H,17,20)/t7-/m1/s1. The van der Waals surface area contributed by atoms with Gasteiger partial charge in [-0.15, -0.1) is 0 Å². The summed E-state index contributed by atoms with van der Waals surface area (Å²) in [7, 11) is 1.18. The number of imide groups is 2.